The molecule has 1 aliphatic rings. The minimum Gasteiger partial charge on any atom is -0.497 e. The lowest BCUT2D eigenvalue weighted by molar-refractivity contribution is -0.129. The molecule has 0 spiro atoms. The third-order valence-corrected chi connectivity index (χ3v) is 6.51. The highest BCUT2D eigenvalue weighted by Gasteiger charge is 2.52. The fourth-order valence-corrected chi connectivity index (χ4v) is 4.52. The Labute approximate surface area is 228 Å². The van der Waals surface area contributed by atoms with E-state index in [0.717, 1.165) is 11.1 Å². The Morgan fingerprint density at radius 2 is 1.87 bits per heavy atom. The number of methoxy groups -OCH3 is 2. The van der Waals surface area contributed by atoms with Gasteiger partial charge in [-0.05, 0) is 48.0 Å². The van der Waals surface area contributed by atoms with Gasteiger partial charge in [0.05, 0.1) is 20.8 Å². The summed E-state index contributed by atoms with van der Waals surface area (Å²) in [6.45, 7) is 4.67. The van der Waals surface area contributed by atoms with E-state index in [1.54, 1.807) is 20.3 Å². The van der Waals surface area contributed by atoms with Gasteiger partial charge in [0.2, 0.25) is 5.90 Å². The first kappa shape index (κ1) is 27.7. The topological polar surface area (TPSA) is 98.6 Å². The Morgan fingerprint density at radius 3 is 2.59 bits per heavy atom. The number of rotatable bonds is 13. The van der Waals surface area contributed by atoms with Crippen molar-refractivity contribution in [3.8, 4) is 17.2 Å². The summed E-state index contributed by atoms with van der Waals surface area (Å²) in [5, 5.41) is 12.0. The summed E-state index contributed by atoms with van der Waals surface area (Å²) in [6.07, 6.45) is 1.76. The molecule has 0 unspecified atom stereocenters. The largest absolute Gasteiger partial charge is 0.497 e. The molecular weight excluding hydrogens is 496 g/mol. The smallest absolute Gasteiger partial charge is 0.252 e. The maximum absolute atomic E-state index is 14.0. The highest BCUT2D eigenvalue weighted by atomic mass is 16.5. The molecule has 8 nitrogen and oxygen atoms in total. The standard InChI is InChI=1S/C31H34N2O6/c1-4-17-31(30(35)32-21-24-9-5-6-12-27(24)37-3)28(23-10-7-11-26(20-23)36-2)39-29(33-31)22-13-15-25(16-14-22)38-19-8-18-34/h4-7,9-16,20,28,34H,1,8,17-19,21H2,2-3H3,(H,32,35)/t28-,31-/m1/s1. The molecule has 2 N–H and O–H groups in total. The summed E-state index contributed by atoms with van der Waals surface area (Å²) in [4.78, 5) is 18.9. The predicted molar refractivity (Wildman–Crippen MR) is 149 cm³/mol. The molecule has 0 radical (unpaired) electrons. The van der Waals surface area contributed by atoms with Gasteiger partial charge in [0, 0.05) is 37.1 Å². The second-order valence-corrected chi connectivity index (χ2v) is 9.05. The van der Waals surface area contributed by atoms with Gasteiger partial charge in [-0.3, -0.25) is 4.79 Å². The van der Waals surface area contributed by atoms with Gasteiger partial charge in [-0.15, -0.1) is 6.58 Å². The van der Waals surface area contributed by atoms with Crippen LogP contribution in [0, 0.1) is 0 Å². The van der Waals surface area contributed by atoms with E-state index in [1.165, 1.54) is 0 Å². The molecule has 2 atom stereocenters. The van der Waals surface area contributed by atoms with Crippen molar-refractivity contribution in [3.05, 3.63) is 102 Å². The summed E-state index contributed by atoms with van der Waals surface area (Å²) in [5.41, 5.74) is 1.01. The molecule has 204 valence electrons. The Balaban J connectivity index is 1.69. The summed E-state index contributed by atoms with van der Waals surface area (Å²) < 4.78 is 23.0. The van der Waals surface area contributed by atoms with Crippen molar-refractivity contribution in [2.45, 2.75) is 31.0 Å². The minimum absolute atomic E-state index is 0.0683. The van der Waals surface area contributed by atoms with Crippen LogP contribution < -0.4 is 19.5 Å². The van der Waals surface area contributed by atoms with Crippen LogP contribution in [0.25, 0.3) is 0 Å². The second kappa shape index (κ2) is 13.0. The first-order valence-corrected chi connectivity index (χ1v) is 12.8. The molecule has 1 heterocycles. The Kier molecular flexibility index (Phi) is 9.22. The molecule has 1 amide bonds. The zero-order chi connectivity index (χ0) is 27.7. The summed E-state index contributed by atoms with van der Waals surface area (Å²) in [6, 6.07) is 22.3. The van der Waals surface area contributed by atoms with Crippen molar-refractivity contribution >= 4 is 11.8 Å². The normalized spacial score (nSPS) is 18.0. The SMILES string of the molecule is C=CC[C@@]1(C(=O)NCc2ccccc2OC)N=C(c2ccc(OCCCO)cc2)O[C@@H]1c1cccc(OC)c1. The van der Waals surface area contributed by atoms with Crippen molar-refractivity contribution in [3.63, 3.8) is 0 Å². The number of aliphatic hydroxyl groups is 1. The average molecular weight is 531 g/mol. The number of aliphatic imine (C=N–C) groups is 1. The average Bonchev–Trinajstić information content (AvgIpc) is 3.37. The van der Waals surface area contributed by atoms with Crippen molar-refractivity contribution < 1.29 is 28.8 Å². The van der Waals surface area contributed by atoms with Crippen molar-refractivity contribution in [1.82, 2.24) is 5.32 Å². The van der Waals surface area contributed by atoms with Crippen LogP contribution in [0.2, 0.25) is 0 Å². The number of ether oxygens (including phenoxy) is 4. The quantitative estimate of drug-likeness (QED) is 0.247. The van der Waals surface area contributed by atoms with E-state index >= 15 is 0 Å². The molecule has 0 aromatic heterocycles. The first-order chi connectivity index (χ1) is 19.0. The van der Waals surface area contributed by atoms with E-state index in [0.29, 0.717) is 41.7 Å². The maximum Gasteiger partial charge on any atom is 0.252 e. The highest BCUT2D eigenvalue weighted by Crippen LogP contribution is 2.43. The van der Waals surface area contributed by atoms with Gasteiger partial charge in [0.15, 0.2) is 11.6 Å². The van der Waals surface area contributed by atoms with Gasteiger partial charge in [0.1, 0.15) is 17.2 Å². The summed E-state index contributed by atoms with van der Waals surface area (Å²) >= 11 is 0. The van der Waals surface area contributed by atoms with Crippen molar-refractivity contribution in [2.24, 2.45) is 4.99 Å². The number of benzene rings is 3. The van der Waals surface area contributed by atoms with Crippen LogP contribution in [0.5, 0.6) is 17.2 Å². The Hall–Kier alpha value is -4.30. The fraction of sp³-hybridized carbons (Fsp3) is 0.290. The number of carbonyl (C=O) groups is 1. The van der Waals surface area contributed by atoms with Crippen molar-refractivity contribution in [2.75, 3.05) is 27.4 Å². The van der Waals surface area contributed by atoms with E-state index in [4.69, 9.17) is 29.0 Å². The third-order valence-electron chi connectivity index (χ3n) is 6.51. The summed E-state index contributed by atoms with van der Waals surface area (Å²) in [5.74, 6) is 2.06. The van der Waals surface area contributed by atoms with E-state index in [-0.39, 0.29) is 25.5 Å². The van der Waals surface area contributed by atoms with E-state index in [2.05, 4.69) is 11.9 Å². The lowest BCUT2D eigenvalue weighted by atomic mass is 9.84. The van der Waals surface area contributed by atoms with E-state index < -0.39 is 11.6 Å². The number of aliphatic hydroxyl groups excluding tert-OH is 1. The molecule has 0 aliphatic carbocycles. The number of nitrogens with one attached hydrogen (secondary N) is 1. The number of para-hydroxylation sites is 1. The van der Waals surface area contributed by atoms with Gasteiger partial charge < -0.3 is 29.4 Å². The van der Waals surface area contributed by atoms with Crippen molar-refractivity contribution in [1.29, 1.82) is 0 Å². The number of hydrogen-bond donors (Lipinski definition) is 2. The van der Waals surface area contributed by atoms with Gasteiger partial charge in [-0.25, -0.2) is 4.99 Å². The van der Waals surface area contributed by atoms with Crippen LogP contribution in [0.3, 0.4) is 0 Å². The molecular formula is C31H34N2O6. The van der Waals surface area contributed by atoms with E-state index in [1.807, 2.05) is 72.8 Å². The van der Waals surface area contributed by atoms with Gasteiger partial charge in [0.25, 0.3) is 5.91 Å². The number of nitrogens with zero attached hydrogens (tertiary/aromatic N) is 1. The predicted octanol–water partition coefficient (Wildman–Crippen LogP) is 4.61. The first-order valence-electron chi connectivity index (χ1n) is 12.8. The van der Waals surface area contributed by atoms with Crippen LogP contribution in [0.1, 0.15) is 35.6 Å². The monoisotopic (exact) mass is 530 g/mol. The number of amides is 1. The molecule has 0 saturated carbocycles. The zero-order valence-electron chi connectivity index (χ0n) is 22.3. The fourth-order valence-electron chi connectivity index (χ4n) is 4.52. The molecule has 4 rings (SSSR count). The van der Waals surface area contributed by atoms with Crippen LogP contribution in [0.4, 0.5) is 0 Å². The van der Waals surface area contributed by atoms with Crippen LogP contribution in [0.15, 0.2) is 90.4 Å². The molecule has 3 aromatic rings. The lowest BCUT2D eigenvalue weighted by Crippen LogP contribution is -2.47. The second-order valence-electron chi connectivity index (χ2n) is 9.05. The van der Waals surface area contributed by atoms with Gasteiger partial charge in [-0.2, -0.15) is 0 Å². The van der Waals surface area contributed by atoms with Gasteiger partial charge in [-0.1, -0.05) is 36.4 Å². The molecule has 1 aliphatic heterocycles. The highest BCUT2D eigenvalue weighted by molar-refractivity contribution is 6.01. The molecule has 0 saturated heterocycles. The molecule has 3 aromatic carbocycles. The molecule has 39 heavy (non-hydrogen) atoms. The zero-order valence-corrected chi connectivity index (χ0v) is 22.3. The number of carbonyl (C=O) groups excluding carboxylic acids is 1. The summed E-state index contributed by atoms with van der Waals surface area (Å²) in [7, 11) is 3.20. The molecule has 0 bridgehead atoms. The van der Waals surface area contributed by atoms with Crippen LogP contribution >= 0.6 is 0 Å². The number of hydrogen-bond acceptors (Lipinski definition) is 7. The van der Waals surface area contributed by atoms with E-state index in [9.17, 15) is 4.79 Å². The molecule has 0 fully saturated rings. The minimum atomic E-state index is -1.30. The van der Waals surface area contributed by atoms with Crippen LogP contribution in [-0.4, -0.2) is 49.9 Å². The molecule has 8 heteroatoms. The lowest BCUT2D eigenvalue weighted by Gasteiger charge is -2.30. The Morgan fingerprint density at radius 1 is 1.08 bits per heavy atom. The Bertz CT molecular complexity index is 1310. The maximum atomic E-state index is 14.0. The van der Waals surface area contributed by atoms with Crippen LogP contribution in [-0.2, 0) is 16.1 Å². The van der Waals surface area contributed by atoms with Gasteiger partial charge >= 0.3 is 0 Å². The third kappa shape index (κ3) is 6.23.